The molecule has 1 N–H and O–H groups in total. The van der Waals surface area contributed by atoms with Crippen LogP contribution in [0.15, 0.2) is 24.3 Å². The van der Waals surface area contributed by atoms with Crippen LogP contribution in [0.4, 0.5) is 0 Å². The summed E-state index contributed by atoms with van der Waals surface area (Å²) in [6.07, 6.45) is 0.262. The Morgan fingerprint density at radius 2 is 1.89 bits per heavy atom. The Kier molecular flexibility index (Phi) is 6.53. The molecule has 0 aromatic heterocycles. The van der Waals surface area contributed by atoms with E-state index in [9.17, 15) is 14.4 Å². The summed E-state index contributed by atoms with van der Waals surface area (Å²) in [6, 6.07) is 6.19. The Bertz CT molecular complexity index is 728. The highest BCUT2D eigenvalue weighted by atomic mass is 35.5. The van der Waals surface area contributed by atoms with Gasteiger partial charge < -0.3 is 24.4 Å². The van der Waals surface area contributed by atoms with Crippen molar-refractivity contribution in [3.63, 3.8) is 0 Å². The molecule has 0 spiro atoms. The number of esters is 1. The fraction of sp³-hybridized carbons (Fsp3) is 0.526. The molecule has 2 saturated heterocycles. The molecule has 0 bridgehead atoms. The van der Waals surface area contributed by atoms with Crippen LogP contribution in [0.5, 0.6) is 0 Å². The van der Waals surface area contributed by atoms with Crippen LogP contribution in [-0.2, 0) is 35.0 Å². The Morgan fingerprint density at radius 1 is 1.25 bits per heavy atom. The Morgan fingerprint density at radius 3 is 2.46 bits per heavy atom. The van der Waals surface area contributed by atoms with Crippen LogP contribution in [0.1, 0.15) is 12.5 Å². The SMILES string of the molecule is CCOC(=O)[C@@]1(C(=O)N[C@@H](Cc2ccc(Cl)cc2)C(=O)N2CCOCC2)CO1. The molecular weight excluding hydrogens is 388 g/mol. The smallest absolute Gasteiger partial charge is 0.350 e. The predicted octanol–water partition coefficient (Wildman–Crippen LogP) is 0.558. The molecule has 0 aliphatic carbocycles. The van der Waals surface area contributed by atoms with Crippen molar-refractivity contribution in [1.82, 2.24) is 10.2 Å². The van der Waals surface area contributed by atoms with Crippen molar-refractivity contribution in [2.75, 3.05) is 39.5 Å². The lowest BCUT2D eigenvalue weighted by molar-refractivity contribution is -0.155. The molecule has 2 aliphatic heterocycles. The predicted molar refractivity (Wildman–Crippen MR) is 99.8 cm³/mol. The van der Waals surface area contributed by atoms with E-state index >= 15 is 0 Å². The van der Waals surface area contributed by atoms with Crippen molar-refractivity contribution in [1.29, 1.82) is 0 Å². The molecule has 2 atom stereocenters. The van der Waals surface area contributed by atoms with Crippen molar-refractivity contribution in [3.05, 3.63) is 34.9 Å². The van der Waals surface area contributed by atoms with Crippen LogP contribution in [0, 0.1) is 0 Å². The van der Waals surface area contributed by atoms with E-state index in [1.165, 1.54) is 0 Å². The van der Waals surface area contributed by atoms with Crippen LogP contribution in [-0.4, -0.2) is 73.8 Å². The third-order valence-electron chi connectivity index (χ3n) is 4.68. The highest BCUT2D eigenvalue weighted by Crippen LogP contribution is 2.29. The lowest BCUT2D eigenvalue weighted by atomic mass is 10.0. The number of rotatable bonds is 7. The number of ether oxygens (including phenoxy) is 3. The van der Waals surface area contributed by atoms with Crippen LogP contribution in [0.2, 0.25) is 5.02 Å². The number of carbonyl (C=O) groups excluding carboxylic acids is 3. The third kappa shape index (κ3) is 4.63. The number of hydrogen-bond donors (Lipinski definition) is 1. The van der Waals surface area contributed by atoms with Gasteiger partial charge in [0.05, 0.1) is 26.4 Å². The first-order valence-electron chi connectivity index (χ1n) is 9.19. The molecule has 8 nitrogen and oxygen atoms in total. The highest BCUT2D eigenvalue weighted by molar-refractivity contribution is 6.30. The maximum absolute atomic E-state index is 13.0. The molecule has 0 radical (unpaired) electrons. The fourth-order valence-corrected chi connectivity index (χ4v) is 3.12. The van der Waals surface area contributed by atoms with Gasteiger partial charge in [0.1, 0.15) is 6.04 Å². The molecule has 3 rings (SSSR count). The van der Waals surface area contributed by atoms with Crippen LogP contribution in [0.25, 0.3) is 0 Å². The quantitative estimate of drug-likeness (QED) is 0.400. The zero-order chi connectivity index (χ0) is 20.1. The number of nitrogens with zero attached hydrogens (tertiary/aromatic N) is 1. The molecular formula is C19H23ClN2O6. The van der Waals surface area contributed by atoms with Gasteiger partial charge in [-0.15, -0.1) is 0 Å². The Hall–Kier alpha value is -2.16. The van der Waals surface area contributed by atoms with E-state index in [0.717, 1.165) is 5.56 Å². The van der Waals surface area contributed by atoms with E-state index < -0.39 is 23.5 Å². The largest absolute Gasteiger partial charge is 0.463 e. The van der Waals surface area contributed by atoms with Crippen molar-refractivity contribution >= 4 is 29.4 Å². The zero-order valence-electron chi connectivity index (χ0n) is 15.6. The Labute approximate surface area is 168 Å². The van der Waals surface area contributed by atoms with Crippen LogP contribution < -0.4 is 5.32 Å². The normalized spacial score (nSPS) is 22.3. The van der Waals surface area contributed by atoms with Gasteiger partial charge in [0, 0.05) is 24.5 Å². The number of nitrogens with one attached hydrogen (secondary N) is 1. The van der Waals surface area contributed by atoms with Crippen molar-refractivity contribution in [2.24, 2.45) is 0 Å². The number of morpholine rings is 1. The van der Waals surface area contributed by atoms with Crippen molar-refractivity contribution < 1.29 is 28.6 Å². The fourth-order valence-electron chi connectivity index (χ4n) is 3.00. The van der Waals surface area contributed by atoms with Gasteiger partial charge in [-0.1, -0.05) is 23.7 Å². The van der Waals surface area contributed by atoms with E-state index in [1.54, 1.807) is 36.1 Å². The average molecular weight is 411 g/mol. The van der Waals surface area contributed by atoms with Gasteiger partial charge in [-0.3, -0.25) is 9.59 Å². The van der Waals surface area contributed by atoms with E-state index in [1.807, 2.05) is 0 Å². The molecule has 2 amide bonds. The van der Waals surface area contributed by atoms with Crippen LogP contribution in [0.3, 0.4) is 0 Å². The van der Waals surface area contributed by atoms with Gasteiger partial charge in [0.15, 0.2) is 0 Å². The highest BCUT2D eigenvalue weighted by Gasteiger charge is 2.61. The molecule has 2 aliphatic rings. The van der Waals surface area contributed by atoms with Gasteiger partial charge in [0.2, 0.25) is 5.91 Å². The summed E-state index contributed by atoms with van der Waals surface area (Å²) in [5, 5.41) is 3.27. The summed E-state index contributed by atoms with van der Waals surface area (Å²) in [5.74, 6) is -1.63. The molecule has 28 heavy (non-hydrogen) atoms. The van der Waals surface area contributed by atoms with Gasteiger partial charge in [0.25, 0.3) is 11.5 Å². The zero-order valence-corrected chi connectivity index (χ0v) is 16.4. The first-order chi connectivity index (χ1) is 13.5. The molecule has 152 valence electrons. The summed E-state index contributed by atoms with van der Waals surface area (Å²) in [4.78, 5) is 39.5. The molecule has 1 aromatic rings. The first-order valence-corrected chi connectivity index (χ1v) is 9.57. The lowest BCUT2D eigenvalue weighted by Crippen LogP contribution is -2.56. The second-order valence-electron chi connectivity index (χ2n) is 6.63. The number of carbonyl (C=O) groups is 3. The Balaban J connectivity index is 1.75. The lowest BCUT2D eigenvalue weighted by Gasteiger charge is -2.31. The molecule has 9 heteroatoms. The van der Waals surface area contributed by atoms with Gasteiger partial charge in [-0.05, 0) is 24.6 Å². The average Bonchev–Trinajstić information content (AvgIpc) is 3.51. The second-order valence-corrected chi connectivity index (χ2v) is 7.07. The minimum absolute atomic E-state index is 0.0585. The van der Waals surface area contributed by atoms with Crippen LogP contribution >= 0.6 is 11.6 Å². The second kappa shape index (κ2) is 8.89. The number of amides is 2. The standard InChI is InChI=1S/C19H23ClN2O6/c1-2-27-18(25)19(12-28-19)17(24)21-15(11-13-3-5-14(20)6-4-13)16(23)22-7-9-26-10-8-22/h3-6,15H,2,7-12H2,1H3,(H,21,24)/t15-,19-/m0/s1. The summed E-state index contributed by atoms with van der Waals surface area (Å²) < 4.78 is 15.3. The van der Waals surface area contributed by atoms with Gasteiger partial charge in [-0.25, -0.2) is 4.79 Å². The number of hydrogen-bond acceptors (Lipinski definition) is 6. The third-order valence-corrected chi connectivity index (χ3v) is 4.94. The molecule has 0 unspecified atom stereocenters. The summed E-state index contributed by atoms with van der Waals surface area (Å²) >= 11 is 5.92. The summed E-state index contributed by atoms with van der Waals surface area (Å²) in [6.45, 7) is 3.52. The topological polar surface area (TPSA) is 97.5 Å². The molecule has 1 aromatic carbocycles. The number of epoxide rings is 1. The van der Waals surface area contributed by atoms with E-state index in [2.05, 4.69) is 5.32 Å². The monoisotopic (exact) mass is 410 g/mol. The molecule has 2 fully saturated rings. The van der Waals surface area contributed by atoms with Gasteiger partial charge in [-0.2, -0.15) is 0 Å². The minimum Gasteiger partial charge on any atom is -0.463 e. The maximum Gasteiger partial charge on any atom is 0.350 e. The van der Waals surface area contributed by atoms with E-state index in [0.29, 0.717) is 31.3 Å². The number of benzene rings is 1. The van der Waals surface area contributed by atoms with E-state index in [4.69, 9.17) is 25.8 Å². The minimum atomic E-state index is -1.65. The van der Waals surface area contributed by atoms with Gasteiger partial charge >= 0.3 is 5.97 Å². The first kappa shape index (κ1) is 20.6. The molecule has 2 heterocycles. The maximum atomic E-state index is 13.0. The van der Waals surface area contributed by atoms with Crippen molar-refractivity contribution in [2.45, 2.75) is 25.0 Å². The summed E-state index contributed by atoms with van der Waals surface area (Å²) in [5.41, 5.74) is -0.822. The molecule has 0 saturated carbocycles. The van der Waals surface area contributed by atoms with Crippen molar-refractivity contribution in [3.8, 4) is 0 Å². The summed E-state index contributed by atoms with van der Waals surface area (Å²) in [7, 11) is 0. The van der Waals surface area contributed by atoms with E-state index in [-0.39, 0.29) is 25.5 Å². The number of halogens is 1.